The van der Waals surface area contributed by atoms with E-state index in [2.05, 4.69) is 41.2 Å². The molecule has 0 bridgehead atoms. The molecule has 0 aliphatic carbocycles. The SMILES string of the molecule is CNc1cnc(C(=O)NCc2nn[nH]n2)cn1. The fourth-order valence-electron chi connectivity index (χ4n) is 1.08. The molecule has 0 saturated heterocycles. The van der Waals surface area contributed by atoms with Crippen LogP contribution in [0.3, 0.4) is 0 Å². The number of nitrogens with one attached hydrogen (secondary N) is 3. The monoisotopic (exact) mass is 234 g/mol. The molecule has 3 N–H and O–H groups in total. The number of rotatable bonds is 4. The van der Waals surface area contributed by atoms with E-state index in [1.807, 2.05) is 0 Å². The lowest BCUT2D eigenvalue weighted by Gasteiger charge is -2.02. The predicted octanol–water partition coefficient (Wildman–Crippen LogP) is -1.04. The van der Waals surface area contributed by atoms with E-state index >= 15 is 0 Å². The Morgan fingerprint density at radius 3 is 2.88 bits per heavy atom. The highest BCUT2D eigenvalue weighted by Gasteiger charge is 2.08. The molecule has 0 aliphatic heterocycles. The third kappa shape index (κ3) is 2.71. The van der Waals surface area contributed by atoms with Gasteiger partial charge in [-0.15, -0.1) is 10.2 Å². The molecule has 0 radical (unpaired) electrons. The van der Waals surface area contributed by atoms with E-state index in [9.17, 15) is 4.79 Å². The van der Waals surface area contributed by atoms with Crippen LogP contribution in [-0.4, -0.2) is 43.5 Å². The maximum atomic E-state index is 11.6. The summed E-state index contributed by atoms with van der Waals surface area (Å²) in [5.74, 6) is 0.655. The van der Waals surface area contributed by atoms with Crippen molar-refractivity contribution in [1.82, 2.24) is 35.9 Å². The van der Waals surface area contributed by atoms with E-state index in [1.54, 1.807) is 7.05 Å². The Balaban J connectivity index is 1.95. The van der Waals surface area contributed by atoms with Crippen molar-refractivity contribution in [3.05, 3.63) is 23.9 Å². The summed E-state index contributed by atoms with van der Waals surface area (Å²) < 4.78 is 0. The Bertz CT molecular complexity index is 479. The maximum absolute atomic E-state index is 11.6. The topological polar surface area (TPSA) is 121 Å². The van der Waals surface area contributed by atoms with Gasteiger partial charge >= 0.3 is 0 Å². The van der Waals surface area contributed by atoms with Crippen molar-refractivity contribution in [3.63, 3.8) is 0 Å². The highest BCUT2D eigenvalue weighted by molar-refractivity contribution is 5.91. The van der Waals surface area contributed by atoms with Crippen LogP contribution in [0.1, 0.15) is 16.3 Å². The van der Waals surface area contributed by atoms with Gasteiger partial charge in [-0.1, -0.05) is 5.21 Å². The van der Waals surface area contributed by atoms with Crippen LogP contribution in [-0.2, 0) is 6.54 Å². The van der Waals surface area contributed by atoms with Crippen molar-refractivity contribution in [2.45, 2.75) is 6.54 Å². The number of tetrazole rings is 1. The highest BCUT2D eigenvalue weighted by Crippen LogP contribution is 1.99. The molecule has 2 aromatic rings. The molecule has 17 heavy (non-hydrogen) atoms. The number of hydrogen-bond donors (Lipinski definition) is 3. The van der Waals surface area contributed by atoms with Gasteiger partial charge < -0.3 is 10.6 Å². The third-order valence-corrected chi connectivity index (χ3v) is 1.94. The standard InChI is InChI=1S/C8H10N8O/c1-9-6-3-10-5(2-11-6)8(17)12-4-7-13-15-16-14-7/h2-3H,4H2,1H3,(H,9,11)(H,12,17)(H,13,14,15,16). The van der Waals surface area contributed by atoms with Crippen molar-refractivity contribution in [2.75, 3.05) is 12.4 Å². The summed E-state index contributed by atoms with van der Waals surface area (Å²) >= 11 is 0. The van der Waals surface area contributed by atoms with Crippen molar-refractivity contribution >= 4 is 11.7 Å². The summed E-state index contributed by atoms with van der Waals surface area (Å²) in [7, 11) is 1.72. The summed E-state index contributed by atoms with van der Waals surface area (Å²) in [6, 6.07) is 0. The van der Waals surface area contributed by atoms with Gasteiger partial charge in [-0.25, -0.2) is 9.97 Å². The van der Waals surface area contributed by atoms with Crippen LogP contribution >= 0.6 is 0 Å². The van der Waals surface area contributed by atoms with Crippen LogP contribution in [0.25, 0.3) is 0 Å². The van der Waals surface area contributed by atoms with E-state index in [4.69, 9.17) is 0 Å². The van der Waals surface area contributed by atoms with Gasteiger partial charge in [-0.2, -0.15) is 5.21 Å². The average molecular weight is 234 g/mol. The molecular weight excluding hydrogens is 224 g/mol. The van der Waals surface area contributed by atoms with Crippen molar-refractivity contribution < 1.29 is 4.79 Å². The molecule has 9 heteroatoms. The number of carbonyl (C=O) groups is 1. The van der Waals surface area contributed by atoms with Crippen LogP contribution in [0.15, 0.2) is 12.4 Å². The number of amides is 1. The Morgan fingerprint density at radius 2 is 2.29 bits per heavy atom. The highest BCUT2D eigenvalue weighted by atomic mass is 16.1. The minimum atomic E-state index is -0.343. The lowest BCUT2D eigenvalue weighted by Crippen LogP contribution is -2.24. The maximum Gasteiger partial charge on any atom is 0.271 e. The molecule has 2 rings (SSSR count). The van der Waals surface area contributed by atoms with E-state index in [-0.39, 0.29) is 18.1 Å². The van der Waals surface area contributed by atoms with E-state index in [0.29, 0.717) is 11.6 Å². The minimum absolute atomic E-state index is 0.185. The molecule has 0 spiro atoms. The van der Waals surface area contributed by atoms with Gasteiger partial charge in [-0.3, -0.25) is 4.79 Å². The molecule has 2 heterocycles. The van der Waals surface area contributed by atoms with E-state index in [1.165, 1.54) is 12.4 Å². The molecule has 0 aliphatic rings. The number of carbonyl (C=O) groups excluding carboxylic acids is 1. The summed E-state index contributed by atoms with van der Waals surface area (Å²) in [5.41, 5.74) is 0.229. The summed E-state index contributed by atoms with van der Waals surface area (Å²) in [6.07, 6.45) is 2.86. The fraction of sp³-hybridized carbons (Fsp3) is 0.250. The first-order valence-corrected chi connectivity index (χ1v) is 4.80. The predicted molar refractivity (Wildman–Crippen MR) is 56.9 cm³/mol. The van der Waals surface area contributed by atoms with Crippen LogP contribution < -0.4 is 10.6 Å². The molecule has 2 aromatic heterocycles. The number of aromatic amines is 1. The number of anilines is 1. The Morgan fingerprint density at radius 1 is 1.41 bits per heavy atom. The Hall–Kier alpha value is -2.58. The molecule has 0 fully saturated rings. The Kier molecular flexibility index (Phi) is 3.19. The first kappa shape index (κ1) is 10.9. The smallest absolute Gasteiger partial charge is 0.271 e. The molecule has 1 amide bonds. The lowest BCUT2D eigenvalue weighted by molar-refractivity contribution is 0.0944. The Labute approximate surface area is 96.1 Å². The first-order chi connectivity index (χ1) is 8.29. The number of H-pyrrole nitrogens is 1. The van der Waals surface area contributed by atoms with Gasteiger partial charge in [0.25, 0.3) is 5.91 Å². The fourth-order valence-corrected chi connectivity index (χ4v) is 1.08. The molecule has 88 valence electrons. The second kappa shape index (κ2) is 4.96. The number of hydrogen-bond acceptors (Lipinski definition) is 7. The number of nitrogens with zero attached hydrogens (tertiary/aromatic N) is 5. The second-order valence-corrected chi connectivity index (χ2v) is 3.05. The third-order valence-electron chi connectivity index (χ3n) is 1.94. The molecule has 0 saturated carbocycles. The second-order valence-electron chi connectivity index (χ2n) is 3.05. The van der Waals surface area contributed by atoms with Gasteiger partial charge in [0.1, 0.15) is 11.5 Å². The van der Waals surface area contributed by atoms with E-state index < -0.39 is 0 Å². The summed E-state index contributed by atoms with van der Waals surface area (Å²) in [6.45, 7) is 0.185. The largest absolute Gasteiger partial charge is 0.372 e. The van der Waals surface area contributed by atoms with Crippen molar-refractivity contribution in [1.29, 1.82) is 0 Å². The lowest BCUT2D eigenvalue weighted by atomic mass is 10.4. The zero-order valence-corrected chi connectivity index (χ0v) is 9.01. The molecule has 0 unspecified atom stereocenters. The summed E-state index contributed by atoms with van der Waals surface area (Å²) in [4.78, 5) is 19.5. The zero-order valence-electron chi connectivity index (χ0n) is 9.01. The van der Waals surface area contributed by atoms with Crippen LogP contribution in [0.2, 0.25) is 0 Å². The summed E-state index contributed by atoms with van der Waals surface area (Å²) in [5, 5.41) is 18.5. The van der Waals surface area contributed by atoms with Gasteiger partial charge in [0.2, 0.25) is 0 Å². The minimum Gasteiger partial charge on any atom is -0.372 e. The van der Waals surface area contributed by atoms with Crippen molar-refractivity contribution in [3.8, 4) is 0 Å². The zero-order chi connectivity index (χ0) is 12.1. The van der Waals surface area contributed by atoms with Crippen molar-refractivity contribution in [2.24, 2.45) is 0 Å². The average Bonchev–Trinajstić information content (AvgIpc) is 2.89. The van der Waals surface area contributed by atoms with Crippen LogP contribution in [0, 0.1) is 0 Å². The number of aromatic nitrogens is 6. The first-order valence-electron chi connectivity index (χ1n) is 4.80. The van der Waals surface area contributed by atoms with Crippen LogP contribution in [0.4, 0.5) is 5.82 Å². The molecule has 9 nitrogen and oxygen atoms in total. The molecule has 0 aromatic carbocycles. The quantitative estimate of drug-likeness (QED) is 0.617. The van der Waals surface area contributed by atoms with E-state index in [0.717, 1.165) is 0 Å². The van der Waals surface area contributed by atoms with Crippen LogP contribution in [0.5, 0.6) is 0 Å². The molecular formula is C8H10N8O. The normalized spacial score (nSPS) is 9.94. The molecule has 0 atom stereocenters. The van der Waals surface area contributed by atoms with Gasteiger partial charge in [-0.05, 0) is 0 Å². The van der Waals surface area contributed by atoms with Gasteiger partial charge in [0, 0.05) is 7.05 Å². The van der Waals surface area contributed by atoms with Gasteiger partial charge in [0.05, 0.1) is 18.9 Å². The van der Waals surface area contributed by atoms with Gasteiger partial charge in [0.15, 0.2) is 5.82 Å².